The van der Waals surface area contributed by atoms with Gasteiger partial charge in [0.1, 0.15) is 0 Å². The van der Waals surface area contributed by atoms with Crippen LogP contribution in [0.1, 0.15) is 89.5 Å². The third-order valence-electron chi connectivity index (χ3n) is 4.63. The van der Waals surface area contributed by atoms with Gasteiger partial charge in [-0.05, 0) is 83.1 Å². The summed E-state index contributed by atoms with van der Waals surface area (Å²) < 4.78 is 0. The van der Waals surface area contributed by atoms with E-state index in [1.54, 1.807) is 9.80 Å². The highest BCUT2D eigenvalue weighted by atomic mass is 16.4. The molecular weight excluding hydrogens is 372 g/mol. The van der Waals surface area contributed by atoms with Gasteiger partial charge in [-0.15, -0.1) is 0 Å². The molecule has 0 aromatic rings. The number of aliphatic hydroxyl groups excluding tert-OH is 1. The highest BCUT2D eigenvalue weighted by Gasteiger charge is 2.20. The van der Waals surface area contributed by atoms with Crippen molar-refractivity contribution in [1.29, 1.82) is 0 Å². The maximum absolute atomic E-state index is 9.58. The first-order chi connectivity index (χ1) is 13.0. The summed E-state index contributed by atoms with van der Waals surface area (Å²) in [5.74, 6) is -3.43. The molecule has 0 aromatic carbocycles. The molecule has 1 unspecified atom stereocenters. The molecule has 0 spiro atoms. The summed E-state index contributed by atoms with van der Waals surface area (Å²) in [7, 11) is 0. The Morgan fingerprint density at radius 3 is 0.862 bits per heavy atom. The molecule has 1 atom stereocenters. The Labute approximate surface area is 179 Å². The van der Waals surface area contributed by atoms with E-state index < -0.39 is 24.5 Å². The standard InChI is InChI=1S/2C9H21N.C4H6O5/c2*1-7(2)10(8(3)4)9(5)6;5-2(4(8)9)1-3(6)7/h2*7-9H,1-6H3;2,5H,1H2,(H,6,7)(H,8,9). The topological polar surface area (TPSA) is 109 Å². The summed E-state index contributed by atoms with van der Waals surface area (Å²) in [5, 5.41) is 27.3. The molecule has 0 heterocycles. The lowest BCUT2D eigenvalue weighted by Crippen LogP contribution is -3.20. The average Bonchev–Trinajstić information content (AvgIpc) is 2.44. The summed E-state index contributed by atoms with van der Waals surface area (Å²) in [6.07, 6.45) is -2.89. The number of carbonyl (C=O) groups is 2. The third kappa shape index (κ3) is 17.4. The summed E-state index contributed by atoms with van der Waals surface area (Å²) in [4.78, 5) is 22.5. The lowest BCUT2D eigenvalue weighted by atomic mass is 10.2. The lowest BCUT2D eigenvalue weighted by molar-refractivity contribution is -0.962. The summed E-state index contributed by atoms with van der Waals surface area (Å²) in [6, 6.07) is 4.50. The molecule has 29 heavy (non-hydrogen) atoms. The fourth-order valence-electron chi connectivity index (χ4n) is 4.24. The molecule has 0 fully saturated rings. The number of nitrogens with one attached hydrogen (secondary N) is 2. The van der Waals surface area contributed by atoms with Crippen molar-refractivity contribution in [3.05, 3.63) is 0 Å². The summed E-state index contributed by atoms with van der Waals surface area (Å²) in [6.45, 7) is 27.4. The van der Waals surface area contributed by atoms with Crippen molar-refractivity contribution >= 4 is 11.9 Å². The highest BCUT2D eigenvalue weighted by molar-refractivity contribution is 5.76. The van der Waals surface area contributed by atoms with Crippen LogP contribution in [0.4, 0.5) is 0 Å². The second-order valence-electron chi connectivity index (χ2n) is 9.34. The highest BCUT2D eigenvalue weighted by Crippen LogP contribution is 1.85. The maximum Gasteiger partial charge on any atom is 0.0985 e. The fraction of sp³-hybridized carbons (Fsp3) is 0.909. The number of rotatable bonds is 9. The minimum Gasteiger partial charge on any atom is -0.550 e. The molecule has 0 aliphatic carbocycles. The zero-order valence-corrected chi connectivity index (χ0v) is 20.8. The van der Waals surface area contributed by atoms with Crippen LogP contribution < -0.4 is 20.0 Å². The summed E-state index contributed by atoms with van der Waals surface area (Å²) in [5.41, 5.74) is 0. The first-order valence-electron chi connectivity index (χ1n) is 10.8. The number of aliphatic carboxylic acids is 2. The first-order valence-corrected chi connectivity index (χ1v) is 10.8. The number of aliphatic hydroxyl groups is 1. The molecular formula is C22H48N2O5. The van der Waals surface area contributed by atoms with E-state index in [0.717, 1.165) is 36.3 Å². The van der Waals surface area contributed by atoms with Crippen LogP contribution >= 0.6 is 0 Å². The Balaban J connectivity index is -0.000000350. The predicted molar refractivity (Wildman–Crippen MR) is 113 cm³/mol. The van der Waals surface area contributed by atoms with Crippen LogP contribution in [-0.2, 0) is 9.59 Å². The van der Waals surface area contributed by atoms with Gasteiger partial charge >= 0.3 is 0 Å². The summed E-state index contributed by atoms with van der Waals surface area (Å²) >= 11 is 0. The van der Waals surface area contributed by atoms with Crippen molar-refractivity contribution in [2.45, 2.75) is 132 Å². The van der Waals surface area contributed by atoms with E-state index in [9.17, 15) is 19.8 Å². The molecule has 0 radical (unpaired) electrons. The molecule has 7 heteroatoms. The number of carboxylic acids is 2. The van der Waals surface area contributed by atoms with Gasteiger partial charge < -0.3 is 34.7 Å². The fourth-order valence-corrected chi connectivity index (χ4v) is 4.24. The van der Waals surface area contributed by atoms with Gasteiger partial charge in [0.25, 0.3) is 0 Å². The van der Waals surface area contributed by atoms with Gasteiger partial charge in [-0.25, -0.2) is 0 Å². The van der Waals surface area contributed by atoms with Crippen LogP contribution in [0, 0.1) is 0 Å². The van der Waals surface area contributed by atoms with Crippen molar-refractivity contribution in [3.8, 4) is 0 Å². The van der Waals surface area contributed by atoms with Crippen molar-refractivity contribution in [2.24, 2.45) is 0 Å². The molecule has 0 aromatic heterocycles. The Kier molecular flexibility index (Phi) is 18.6. The molecule has 0 aliphatic rings. The zero-order chi connectivity index (χ0) is 24.1. The quantitative estimate of drug-likeness (QED) is 0.418. The second kappa shape index (κ2) is 16.6. The Morgan fingerprint density at radius 2 is 0.828 bits per heavy atom. The molecule has 176 valence electrons. The van der Waals surface area contributed by atoms with Crippen molar-refractivity contribution in [3.63, 3.8) is 0 Å². The molecule has 0 bridgehead atoms. The second-order valence-corrected chi connectivity index (χ2v) is 9.34. The van der Waals surface area contributed by atoms with Crippen LogP contribution in [0.5, 0.6) is 0 Å². The third-order valence-corrected chi connectivity index (χ3v) is 4.63. The Morgan fingerprint density at radius 1 is 0.621 bits per heavy atom. The number of hydrogen-bond acceptors (Lipinski definition) is 5. The monoisotopic (exact) mass is 420 g/mol. The van der Waals surface area contributed by atoms with Crippen LogP contribution in [0.3, 0.4) is 0 Å². The van der Waals surface area contributed by atoms with E-state index in [-0.39, 0.29) is 0 Å². The van der Waals surface area contributed by atoms with E-state index in [4.69, 9.17) is 5.11 Å². The van der Waals surface area contributed by atoms with Gasteiger partial charge in [0.15, 0.2) is 0 Å². The van der Waals surface area contributed by atoms with Gasteiger partial charge in [0.2, 0.25) is 0 Å². The van der Waals surface area contributed by atoms with Gasteiger partial charge in [-0.3, -0.25) is 0 Å². The SMILES string of the molecule is CC(C)[NH+](C(C)C)C(C)C.CC(C)[NH+](C(C)C)C(C)C.O=C([O-])CC(O)C(=O)[O-]. The zero-order valence-electron chi connectivity index (χ0n) is 20.8. The van der Waals surface area contributed by atoms with Crippen molar-refractivity contribution in [2.75, 3.05) is 0 Å². The molecule has 0 saturated carbocycles. The average molecular weight is 421 g/mol. The van der Waals surface area contributed by atoms with Crippen LogP contribution in [0.25, 0.3) is 0 Å². The molecule has 0 amide bonds. The van der Waals surface area contributed by atoms with Gasteiger partial charge in [0.05, 0.1) is 48.3 Å². The molecule has 3 N–H and O–H groups in total. The molecule has 0 aliphatic heterocycles. The van der Waals surface area contributed by atoms with Crippen LogP contribution in [0.2, 0.25) is 0 Å². The first kappa shape index (κ1) is 32.5. The molecule has 0 rings (SSSR count). The van der Waals surface area contributed by atoms with Crippen molar-refractivity contribution < 1.29 is 34.7 Å². The largest absolute Gasteiger partial charge is 0.550 e. The van der Waals surface area contributed by atoms with Crippen LogP contribution in [0.15, 0.2) is 0 Å². The van der Waals surface area contributed by atoms with E-state index in [0.29, 0.717) is 0 Å². The number of hydrogen-bond donors (Lipinski definition) is 3. The predicted octanol–water partition coefficient (Wildman–Crippen LogP) is -1.57. The smallest absolute Gasteiger partial charge is 0.0985 e. The van der Waals surface area contributed by atoms with E-state index in [1.165, 1.54) is 0 Å². The number of quaternary nitrogens is 2. The molecule has 7 nitrogen and oxygen atoms in total. The molecule has 0 saturated heterocycles. The number of carbonyl (C=O) groups excluding carboxylic acids is 2. The van der Waals surface area contributed by atoms with Crippen molar-refractivity contribution in [1.82, 2.24) is 0 Å². The van der Waals surface area contributed by atoms with Gasteiger partial charge in [0, 0.05) is 12.4 Å². The van der Waals surface area contributed by atoms with Gasteiger partial charge in [-0.1, -0.05) is 0 Å². The number of carboxylic acid groups (broad SMARTS) is 2. The van der Waals surface area contributed by atoms with E-state index >= 15 is 0 Å². The minimum atomic E-state index is -1.96. The van der Waals surface area contributed by atoms with Crippen LogP contribution in [-0.4, -0.2) is 59.4 Å². The Hall–Kier alpha value is -1.18. The lowest BCUT2D eigenvalue weighted by Gasteiger charge is -2.31. The van der Waals surface area contributed by atoms with Gasteiger partial charge in [-0.2, -0.15) is 0 Å². The minimum absolute atomic E-state index is 0.750. The van der Waals surface area contributed by atoms with E-state index in [1.807, 2.05) is 0 Å². The Bertz CT molecular complexity index is 373. The van der Waals surface area contributed by atoms with E-state index in [2.05, 4.69) is 83.1 Å². The maximum atomic E-state index is 9.58. The normalized spacial score (nSPS) is 12.6.